The van der Waals surface area contributed by atoms with Crippen LogP contribution in [0.5, 0.6) is 0 Å². The quantitative estimate of drug-likeness (QED) is 0.795. The van der Waals surface area contributed by atoms with E-state index < -0.39 is 0 Å². The molecule has 17 heavy (non-hydrogen) atoms. The van der Waals surface area contributed by atoms with E-state index in [0.717, 1.165) is 25.9 Å². The highest BCUT2D eigenvalue weighted by molar-refractivity contribution is 5.29. The Morgan fingerprint density at radius 3 is 2.65 bits per heavy atom. The summed E-state index contributed by atoms with van der Waals surface area (Å²) in [7, 11) is 0. The molecule has 2 heteroatoms. The lowest BCUT2D eigenvalue weighted by atomic mass is 9.96. The van der Waals surface area contributed by atoms with Gasteiger partial charge in [0.1, 0.15) is 0 Å². The molecule has 1 heterocycles. The van der Waals surface area contributed by atoms with Crippen molar-refractivity contribution in [2.45, 2.75) is 39.3 Å². The summed E-state index contributed by atoms with van der Waals surface area (Å²) in [4.78, 5) is 2.32. The first kappa shape index (κ1) is 12.1. The average molecular weight is 228 g/mol. The van der Waals surface area contributed by atoms with Crippen molar-refractivity contribution in [3.8, 4) is 6.07 Å². The lowest BCUT2D eigenvalue weighted by Gasteiger charge is -2.32. The molecule has 1 aromatic carbocycles. The van der Waals surface area contributed by atoms with E-state index in [0.29, 0.717) is 5.92 Å². The Morgan fingerprint density at radius 2 is 2.00 bits per heavy atom. The largest absolute Gasteiger partial charge is 0.283 e. The summed E-state index contributed by atoms with van der Waals surface area (Å²) < 4.78 is 0. The van der Waals surface area contributed by atoms with Crippen molar-refractivity contribution in [1.29, 1.82) is 5.26 Å². The van der Waals surface area contributed by atoms with E-state index in [1.807, 2.05) is 0 Å². The highest BCUT2D eigenvalue weighted by Crippen LogP contribution is 2.22. The molecule has 1 unspecified atom stereocenters. The second kappa shape index (κ2) is 5.33. The first-order valence-corrected chi connectivity index (χ1v) is 6.41. The summed E-state index contributed by atoms with van der Waals surface area (Å²) in [6.07, 6.45) is 2.05. The van der Waals surface area contributed by atoms with Gasteiger partial charge >= 0.3 is 0 Å². The molecule has 0 saturated heterocycles. The fourth-order valence-electron chi connectivity index (χ4n) is 2.51. The Kier molecular flexibility index (Phi) is 3.81. The minimum Gasteiger partial charge on any atom is -0.283 e. The Balaban J connectivity index is 2.09. The van der Waals surface area contributed by atoms with Crippen LogP contribution in [0, 0.1) is 17.2 Å². The minimum atomic E-state index is 0.0726. The summed E-state index contributed by atoms with van der Waals surface area (Å²) in [6, 6.07) is 11.1. The number of fused-ring (bicyclic) bond motifs is 1. The van der Waals surface area contributed by atoms with Gasteiger partial charge in [-0.05, 0) is 29.9 Å². The Labute approximate surface area is 104 Å². The van der Waals surface area contributed by atoms with Crippen molar-refractivity contribution in [2.75, 3.05) is 6.54 Å². The Morgan fingerprint density at radius 1 is 1.29 bits per heavy atom. The van der Waals surface area contributed by atoms with Gasteiger partial charge in [0, 0.05) is 13.1 Å². The van der Waals surface area contributed by atoms with Gasteiger partial charge in [-0.2, -0.15) is 5.26 Å². The molecule has 2 nitrogen and oxygen atoms in total. The van der Waals surface area contributed by atoms with E-state index in [9.17, 15) is 5.26 Å². The van der Waals surface area contributed by atoms with Gasteiger partial charge in [-0.15, -0.1) is 0 Å². The molecule has 2 rings (SSSR count). The van der Waals surface area contributed by atoms with Crippen LogP contribution in [0.2, 0.25) is 0 Å². The molecular formula is C15H20N2. The normalized spacial score (nSPS) is 17.5. The molecule has 0 spiro atoms. The van der Waals surface area contributed by atoms with E-state index in [-0.39, 0.29) is 6.04 Å². The van der Waals surface area contributed by atoms with Crippen LogP contribution < -0.4 is 0 Å². The van der Waals surface area contributed by atoms with E-state index in [1.165, 1.54) is 11.1 Å². The van der Waals surface area contributed by atoms with Crippen LogP contribution in [-0.4, -0.2) is 17.5 Å². The minimum absolute atomic E-state index is 0.0726. The van der Waals surface area contributed by atoms with Crippen LogP contribution >= 0.6 is 0 Å². The van der Waals surface area contributed by atoms with E-state index in [1.54, 1.807) is 0 Å². The topological polar surface area (TPSA) is 27.0 Å². The predicted octanol–water partition coefficient (Wildman–Crippen LogP) is 2.98. The van der Waals surface area contributed by atoms with Gasteiger partial charge in [0.05, 0.1) is 12.1 Å². The molecule has 0 amide bonds. The number of nitrogens with zero attached hydrogens (tertiary/aromatic N) is 2. The second-order valence-electron chi connectivity index (χ2n) is 5.26. The van der Waals surface area contributed by atoms with Crippen molar-refractivity contribution in [2.24, 2.45) is 5.92 Å². The summed E-state index contributed by atoms with van der Waals surface area (Å²) >= 11 is 0. The monoisotopic (exact) mass is 228 g/mol. The van der Waals surface area contributed by atoms with Crippen molar-refractivity contribution in [3.05, 3.63) is 35.4 Å². The van der Waals surface area contributed by atoms with Gasteiger partial charge in [-0.25, -0.2) is 0 Å². The van der Waals surface area contributed by atoms with E-state index in [2.05, 4.69) is 49.1 Å². The van der Waals surface area contributed by atoms with Crippen LogP contribution in [0.15, 0.2) is 24.3 Å². The number of rotatable bonds is 3. The number of benzene rings is 1. The van der Waals surface area contributed by atoms with Gasteiger partial charge in [0.15, 0.2) is 0 Å². The van der Waals surface area contributed by atoms with Crippen molar-refractivity contribution in [3.63, 3.8) is 0 Å². The maximum atomic E-state index is 9.28. The van der Waals surface area contributed by atoms with Gasteiger partial charge in [-0.1, -0.05) is 38.1 Å². The maximum Gasteiger partial charge on any atom is 0.0983 e. The molecule has 1 aliphatic rings. The summed E-state index contributed by atoms with van der Waals surface area (Å²) in [5.41, 5.74) is 2.84. The molecule has 1 aromatic rings. The van der Waals surface area contributed by atoms with Gasteiger partial charge in [0.2, 0.25) is 0 Å². The molecule has 1 aliphatic heterocycles. The third kappa shape index (κ3) is 2.87. The number of hydrogen-bond donors (Lipinski definition) is 0. The third-order valence-electron chi connectivity index (χ3n) is 3.44. The Bertz CT molecular complexity index is 417. The fourth-order valence-corrected chi connectivity index (χ4v) is 2.51. The number of nitriles is 1. The van der Waals surface area contributed by atoms with Crippen LogP contribution in [0.25, 0.3) is 0 Å². The van der Waals surface area contributed by atoms with E-state index in [4.69, 9.17) is 0 Å². The molecule has 0 radical (unpaired) electrons. The first-order chi connectivity index (χ1) is 8.20. The SMILES string of the molecule is CC(C)CC(C#N)N1CCc2ccccc2C1. The summed E-state index contributed by atoms with van der Waals surface area (Å²) in [5, 5.41) is 9.28. The van der Waals surface area contributed by atoms with E-state index >= 15 is 0 Å². The fraction of sp³-hybridized carbons (Fsp3) is 0.533. The molecule has 0 fully saturated rings. The third-order valence-corrected chi connectivity index (χ3v) is 3.44. The second-order valence-corrected chi connectivity index (χ2v) is 5.26. The molecule has 0 aromatic heterocycles. The van der Waals surface area contributed by atoms with Crippen molar-refractivity contribution < 1.29 is 0 Å². The van der Waals surface area contributed by atoms with Crippen LogP contribution in [0.3, 0.4) is 0 Å². The lowest BCUT2D eigenvalue weighted by molar-refractivity contribution is 0.194. The number of hydrogen-bond acceptors (Lipinski definition) is 2. The lowest BCUT2D eigenvalue weighted by Crippen LogP contribution is -2.39. The molecule has 90 valence electrons. The maximum absolute atomic E-state index is 9.28. The highest BCUT2D eigenvalue weighted by atomic mass is 15.2. The predicted molar refractivity (Wildman–Crippen MR) is 69.4 cm³/mol. The highest BCUT2D eigenvalue weighted by Gasteiger charge is 2.23. The molecular weight excluding hydrogens is 208 g/mol. The van der Waals surface area contributed by atoms with Crippen LogP contribution in [0.1, 0.15) is 31.4 Å². The average Bonchev–Trinajstić information content (AvgIpc) is 2.35. The smallest absolute Gasteiger partial charge is 0.0983 e. The summed E-state index contributed by atoms with van der Waals surface area (Å²) in [6.45, 7) is 6.31. The Hall–Kier alpha value is -1.33. The molecule has 0 saturated carbocycles. The molecule has 0 N–H and O–H groups in total. The van der Waals surface area contributed by atoms with Gasteiger partial charge in [0.25, 0.3) is 0 Å². The molecule has 1 atom stereocenters. The van der Waals surface area contributed by atoms with Crippen molar-refractivity contribution >= 4 is 0 Å². The molecule has 0 bridgehead atoms. The van der Waals surface area contributed by atoms with Crippen molar-refractivity contribution in [1.82, 2.24) is 4.90 Å². The standard InChI is InChI=1S/C15H20N2/c1-12(2)9-15(10-16)17-8-7-13-5-3-4-6-14(13)11-17/h3-6,12,15H,7-9,11H2,1-2H3. The van der Waals surface area contributed by atoms with Crippen LogP contribution in [0.4, 0.5) is 0 Å². The first-order valence-electron chi connectivity index (χ1n) is 6.41. The zero-order chi connectivity index (χ0) is 12.3. The molecule has 0 aliphatic carbocycles. The zero-order valence-electron chi connectivity index (χ0n) is 10.7. The zero-order valence-corrected chi connectivity index (χ0v) is 10.7. The van der Waals surface area contributed by atoms with Crippen LogP contribution in [-0.2, 0) is 13.0 Å². The summed E-state index contributed by atoms with van der Waals surface area (Å²) in [5.74, 6) is 0.580. The van der Waals surface area contributed by atoms with Gasteiger partial charge in [-0.3, -0.25) is 4.90 Å². The van der Waals surface area contributed by atoms with Gasteiger partial charge < -0.3 is 0 Å².